The van der Waals surface area contributed by atoms with Crippen molar-refractivity contribution in [2.75, 3.05) is 0 Å². The second-order valence-corrected chi connectivity index (χ2v) is 6.43. The molecular formula is C14H16N4OS. The van der Waals surface area contributed by atoms with E-state index < -0.39 is 0 Å². The summed E-state index contributed by atoms with van der Waals surface area (Å²) in [6, 6.07) is 0. The number of thiophene rings is 1. The van der Waals surface area contributed by atoms with E-state index in [2.05, 4.69) is 14.6 Å². The maximum absolute atomic E-state index is 12.7. The predicted octanol–water partition coefficient (Wildman–Crippen LogP) is 2.31. The summed E-state index contributed by atoms with van der Waals surface area (Å²) in [5.74, 6) is 1.53. The van der Waals surface area contributed by atoms with Gasteiger partial charge in [0.15, 0.2) is 0 Å². The first kappa shape index (κ1) is 12.1. The topological polar surface area (TPSA) is 52.2 Å². The van der Waals surface area contributed by atoms with E-state index in [9.17, 15) is 4.79 Å². The van der Waals surface area contributed by atoms with Crippen LogP contribution in [0, 0.1) is 6.92 Å². The first-order valence-corrected chi connectivity index (χ1v) is 7.92. The molecule has 0 aromatic carbocycles. The molecular weight excluding hydrogens is 272 g/mol. The molecule has 1 aliphatic carbocycles. The van der Waals surface area contributed by atoms with Crippen molar-refractivity contribution in [3.05, 3.63) is 26.6 Å². The molecule has 5 nitrogen and oxygen atoms in total. The predicted molar refractivity (Wildman–Crippen MR) is 79.7 cm³/mol. The third kappa shape index (κ3) is 1.40. The van der Waals surface area contributed by atoms with Crippen molar-refractivity contribution in [1.82, 2.24) is 19.2 Å². The highest BCUT2D eigenvalue weighted by Crippen LogP contribution is 2.35. The van der Waals surface area contributed by atoms with Crippen LogP contribution < -0.4 is 5.56 Å². The summed E-state index contributed by atoms with van der Waals surface area (Å²) in [5.41, 5.74) is 2.50. The summed E-state index contributed by atoms with van der Waals surface area (Å²) in [5, 5.41) is 8.39. The molecule has 0 unspecified atom stereocenters. The van der Waals surface area contributed by atoms with Crippen molar-refractivity contribution in [2.24, 2.45) is 0 Å². The molecule has 0 spiro atoms. The van der Waals surface area contributed by atoms with E-state index in [4.69, 9.17) is 0 Å². The van der Waals surface area contributed by atoms with Crippen LogP contribution in [0.5, 0.6) is 0 Å². The number of aromatic nitrogens is 4. The first-order chi connectivity index (χ1) is 9.72. The Morgan fingerprint density at radius 1 is 1.25 bits per heavy atom. The fourth-order valence-corrected chi connectivity index (χ4v) is 4.54. The number of fused-ring (bicyclic) bond motifs is 5. The lowest BCUT2D eigenvalue weighted by Gasteiger charge is -2.11. The minimum Gasteiger partial charge on any atom is -0.276 e. The van der Waals surface area contributed by atoms with Crippen LogP contribution in [0.2, 0.25) is 0 Å². The third-order valence-electron chi connectivity index (χ3n) is 4.17. The monoisotopic (exact) mass is 288 g/mol. The van der Waals surface area contributed by atoms with E-state index >= 15 is 0 Å². The van der Waals surface area contributed by atoms with Gasteiger partial charge in [-0.2, -0.15) is 0 Å². The van der Waals surface area contributed by atoms with Gasteiger partial charge in [-0.05, 0) is 45.1 Å². The molecule has 0 N–H and O–H groups in total. The molecule has 3 aromatic rings. The van der Waals surface area contributed by atoms with Crippen LogP contribution in [0.1, 0.15) is 36.0 Å². The van der Waals surface area contributed by atoms with Crippen LogP contribution in [0.4, 0.5) is 0 Å². The number of aryl methyl sites for hydroxylation is 4. The molecule has 0 amide bonds. The van der Waals surface area contributed by atoms with Crippen molar-refractivity contribution in [2.45, 2.75) is 46.1 Å². The summed E-state index contributed by atoms with van der Waals surface area (Å²) in [7, 11) is 0. The van der Waals surface area contributed by atoms with Gasteiger partial charge in [0.25, 0.3) is 5.56 Å². The van der Waals surface area contributed by atoms with E-state index in [1.807, 2.05) is 13.8 Å². The number of rotatable bonds is 1. The minimum absolute atomic E-state index is 0.0850. The Morgan fingerprint density at radius 2 is 2.05 bits per heavy atom. The maximum Gasteiger partial charge on any atom is 0.272 e. The lowest BCUT2D eigenvalue weighted by molar-refractivity contribution is 0.697. The molecule has 104 valence electrons. The first-order valence-electron chi connectivity index (χ1n) is 7.11. The third-order valence-corrected chi connectivity index (χ3v) is 5.44. The zero-order valence-corrected chi connectivity index (χ0v) is 12.5. The van der Waals surface area contributed by atoms with E-state index in [1.165, 1.54) is 23.3 Å². The Balaban J connectivity index is 2.29. The Bertz CT molecular complexity index is 886. The molecule has 1 aliphatic rings. The van der Waals surface area contributed by atoms with Gasteiger partial charge in [-0.15, -0.1) is 21.5 Å². The molecule has 0 radical (unpaired) electrons. The van der Waals surface area contributed by atoms with Crippen LogP contribution in [-0.4, -0.2) is 19.2 Å². The molecule has 3 heterocycles. The number of hydrogen-bond donors (Lipinski definition) is 0. The molecule has 20 heavy (non-hydrogen) atoms. The van der Waals surface area contributed by atoms with Crippen LogP contribution in [0.25, 0.3) is 16.0 Å². The Hall–Kier alpha value is -1.69. The van der Waals surface area contributed by atoms with Gasteiger partial charge >= 0.3 is 0 Å². The molecule has 0 atom stereocenters. The molecule has 4 rings (SSSR count). The molecule has 3 aromatic heterocycles. The highest BCUT2D eigenvalue weighted by Gasteiger charge is 2.23. The van der Waals surface area contributed by atoms with Gasteiger partial charge in [0.2, 0.25) is 5.78 Å². The molecule has 0 bridgehead atoms. The fourth-order valence-electron chi connectivity index (χ4n) is 3.22. The lowest BCUT2D eigenvalue weighted by atomic mass is 9.98. The van der Waals surface area contributed by atoms with Gasteiger partial charge in [-0.3, -0.25) is 13.8 Å². The summed E-state index contributed by atoms with van der Waals surface area (Å²) in [6.45, 7) is 4.56. The van der Waals surface area contributed by atoms with Crippen molar-refractivity contribution in [1.29, 1.82) is 0 Å². The van der Waals surface area contributed by atoms with E-state index in [-0.39, 0.29) is 5.56 Å². The summed E-state index contributed by atoms with van der Waals surface area (Å²) >= 11 is 1.67. The summed E-state index contributed by atoms with van der Waals surface area (Å²) < 4.78 is 4.67. The van der Waals surface area contributed by atoms with Crippen LogP contribution in [0.15, 0.2) is 4.79 Å². The average molecular weight is 288 g/mol. The Labute approximate surface area is 119 Å². The van der Waals surface area contributed by atoms with Crippen molar-refractivity contribution >= 4 is 27.3 Å². The van der Waals surface area contributed by atoms with Gasteiger partial charge in [0.1, 0.15) is 10.5 Å². The normalized spacial score (nSPS) is 15.1. The van der Waals surface area contributed by atoms with Crippen molar-refractivity contribution in [3.8, 4) is 0 Å². The molecule has 0 aliphatic heterocycles. The summed E-state index contributed by atoms with van der Waals surface area (Å²) in [6.07, 6.45) is 4.60. The Kier molecular flexibility index (Phi) is 2.51. The lowest BCUT2D eigenvalue weighted by Crippen LogP contribution is -2.21. The molecule has 0 fully saturated rings. The van der Waals surface area contributed by atoms with Crippen LogP contribution >= 0.6 is 11.3 Å². The maximum atomic E-state index is 12.7. The molecule has 0 saturated heterocycles. The van der Waals surface area contributed by atoms with Gasteiger partial charge < -0.3 is 0 Å². The highest BCUT2D eigenvalue weighted by atomic mass is 32.1. The second-order valence-electron chi connectivity index (χ2n) is 5.32. The smallest absolute Gasteiger partial charge is 0.272 e. The van der Waals surface area contributed by atoms with Crippen molar-refractivity contribution < 1.29 is 0 Å². The second kappa shape index (κ2) is 4.15. The quantitative estimate of drug-likeness (QED) is 0.690. The van der Waals surface area contributed by atoms with Gasteiger partial charge in [-0.1, -0.05) is 0 Å². The van der Waals surface area contributed by atoms with Gasteiger partial charge in [-0.25, -0.2) is 0 Å². The number of nitrogens with zero attached hydrogens (tertiary/aromatic N) is 4. The molecule has 6 heteroatoms. The standard InChI is InChI=1S/C14H16N4OS/c1-3-17-13(19)12-11(18-8(2)15-16-14(17)18)9-6-4-5-7-10(9)20-12/h3-7H2,1-2H3. The highest BCUT2D eigenvalue weighted by molar-refractivity contribution is 7.19. The van der Waals surface area contributed by atoms with Crippen molar-refractivity contribution in [3.63, 3.8) is 0 Å². The molecule has 0 saturated carbocycles. The largest absolute Gasteiger partial charge is 0.276 e. The van der Waals surface area contributed by atoms with Gasteiger partial charge in [0.05, 0.1) is 5.52 Å². The number of hydrogen-bond acceptors (Lipinski definition) is 4. The van der Waals surface area contributed by atoms with E-state index in [1.54, 1.807) is 15.9 Å². The van der Waals surface area contributed by atoms with E-state index in [0.29, 0.717) is 12.3 Å². The minimum atomic E-state index is 0.0850. The zero-order valence-electron chi connectivity index (χ0n) is 11.6. The van der Waals surface area contributed by atoms with Crippen LogP contribution in [0.3, 0.4) is 0 Å². The Morgan fingerprint density at radius 3 is 2.85 bits per heavy atom. The average Bonchev–Trinajstić information content (AvgIpc) is 3.01. The SMILES string of the molecule is CCn1c(=O)c2sc3c(c2n2c(C)nnc12)CCCC3. The van der Waals surface area contributed by atoms with E-state index in [0.717, 1.165) is 28.9 Å². The zero-order chi connectivity index (χ0) is 13.9. The van der Waals surface area contributed by atoms with Crippen LogP contribution in [-0.2, 0) is 19.4 Å². The summed E-state index contributed by atoms with van der Waals surface area (Å²) in [4.78, 5) is 14.1. The van der Waals surface area contributed by atoms with Gasteiger partial charge in [0, 0.05) is 11.4 Å². The fraction of sp³-hybridized carbons (Fsp3) is 0.500.